The van der Waals surface area contributed by atoms with Gasteiger partial charge in [0.05, 0.1) is 22.9 Å². The van der Waals surface area contributed by atoms with Crippen LogP contribution >= 0.6 is 11.6 Å². The van der Waals surface area contributed by atoms with Crippen LogP contribution in [0.1, 0.15) is 5.69 Å². The van der Waals surface area contributed by atoms with Gasteiger partial charge in [0.2, 0.25) is 0 Å². The van der Waals surface area contributed by atoms with Gasteiger partial charge in [-0.15, -0.1) is 5.10 Å². The molecule has 0 aliphatic rings. The van der Waals surface area contributed by atoms with Crippen LogP contribution in [0.15, 0.2) is 59.8 Å². The monoisotopic (exact) mass is 338 g/mol. The molecule has 4 rings (SSSR count). The van der Waals surface area contributed by atoms with Gasteiger partial charge in [-0.3, -0.25) is 14.3 Å². The number of hydrogen-bond acceptors (Lipinski definition) is 5. The first-order chi connectivity index (χ1) is 11.7. The third kappa shape index (κ3) is 2.55. The van der Waals surface area contributed by atoms with Crippen molar-refractivity contribution in [3.8, 4) is 5.69 Å². The number of fused-ring (bicyclic) bond motifs is 1. The third-order valence-corrected chi connectivity index (χ3v) is 3.77. The second kappa shape index (κ2) is 5.86. The van der Waals surface area contributed by atoms with Crippen molar-refractivity contribution in [3.63, 3.8) is 0 Å². The summed E-state index contributed by atoms with van der Waals surface area (Å²) < 4.78 is 2.99. The molecule has 0 N–H and O–H groups in total. The van der Waals surface area contributed by atoms with Crippen LogP contribution in [0, 0.1) is 0 Å². The Balaban J connectivity index is 1.77. The maximum atomic E-state index is 12.6. The van der Waals surface area contributed by atoms with Crippen LogP contribution in [0.2, 0.25) is 5.02 Å². The second-order valence-corrected chi connectivity index (χ2v) is 5.59. The molecule has 0 saturated heterocycles. The van der Waals surface area contributed by atoms with Gasteiger partial charge >= 0.3 is 0 Å². The molecule has 0 radical (unpaired) electrons. The van der Waals surface area contributed by atoms with E-state index >= 15 is 0 Å². The minimum atomic E-state index is -0.265. The highest BCUT2D eigenvalue weighted by Crippen LogP contribution is 2.11. The molecule has 0 amide bonds. The molecule has 0 atom stereocenters. The zero-order valence-corrected chi connectivity index (χ0v) is 13.1. The fraction of sp³-hybridized carbons (Fsp3) is 0.0625. The number of halogens is 1. The van der Waals surface area contributed by atoms with Gasteiger partial charge < -0.3 is 0 Å². The Morgan fingerprint density at radius 3 is 2.62 bits per heavy atom. The van der Waals surface area contributed by atoms with E-state index in [4.69, 9.17) is 11.6 Å². The SMILES string of the molecule is O=c1c2nnn(-c3ccccc3)c2ncn1Cc1ccc(Cl)cn1. The van der Waals surface area contributed by atoms with Crippen molar-refractivity contribution in [2.75, 3.05) is 0 Å². The lowest BCUT2D eigenvalue weighted by atomic mass is 10.3. The van der Waals surface area contributed by atoms with E-state index in [0.717, 1.165) is 5.69 Å². The zero-order chi connectivity index (χ0) is 16.5. The topological polar surface area (TPSA) is 78.5 Å². The Morgan fingerprint density at radius 2 is 1.88 bits per heavy atom. The molecule has 0 fully saturated rings. The summed E-state index contributed by atoms with van der Waals surface area (Å²) in [6, 6.07) is 12.9. The van der Waals surface area contributed by atoms with Gasteiger partial charge in [-0.05, 0) is 24.3 Å². The summed E-state index contributed by atoms with van der Waals surface area (Å²) in [6.45, 7) is 0.289. The molecule has 0 aliphatic heterocycles. The normalized spacial score (nSPS) is 11.0. The molecule has 4 aromatic rings. The van der Waals surface area contributed by atoms with E-state index in [1.54, 1.807) is 23.0 Å². The van der Waals surface area contributed by atoms with Gasteiger partial charge in [-0.2, -0.15) is 4.68 Å². The van der Waals surface area contributed by atoms with Crippen LogP contribution in [0.5, 0.6) is 0 Å². The molecule has 0 saturated carbocycles. The predicted octanol–water partition coefficient (Wildman–Crippen LogP) is 2.07. The van der Waals surface area contributed by atoms with E-state index < -0.39 is 0 Å². The van der Waals surface area contributed by atoms with Crippen molar-refractivity contribution in [2.45, 2.75) is 6.54 Å². The van der Waals surface area contributed by atoms with Gasteiger partial charge in [0.15, 0.2) is 11.2 Å². The standard InChI is InChI=1S/C16H11ClN6O/c17-11-6-7-12(18-8-11)9-22-10-19-15-14(16(22)24)20-21-23(15)13-4-2-1-3-5-13/h1-8,10H,9H2. The van der Waals surface area contributed by atoms with Gasteiger partial charge in [-0.1, -0.05) is 35.0 Å². The second-order valence-electron chi connectivity index (χ2n) is 5.15. The first-order valence-corrected chi connectivity index (χ1v) is 7.57. The summed E-state index contributed by atoms with van der Waals surface area (Å²) in [5.41, 5.74) is 1.88. The summed E-state index contributed by atoms with van der Waals surface area (Å²) >= 11 is 5.82. The first kappa shape index (κ1) is 14.5. The van der Waals surface area contributed by atoms with Gasteiger partial charge in [-0.25, -0.2) is 4.98 Å². The van der Waals surface area contributed by atoms with Gasteiger partial charge in [0.25, 0.3) is 5.56 Å². The molecule has 7 nitrogen and oxygen atoms in total. The minimum absolute atomic E-state index is 0.218. The van der Waals surface area contributed by atoms with Crippen LogP contribution < -0.4 is 5.56 Å². The lowest BCUT2D eigenvalue weighted by molar-refractivity contribution is 0.727. The van der Waals surface area contributed by atoms with Crippen molar-refractivity contribution in [2.24, 2.45) is 0 Å². The quantitative estimate of drug-likeness (QED) is 0.571. The molecule has 1 aromatic carbocycles. The van der Waals surface area contributed by atoms with Gasteiger partial charge in [0.1, 0.15) is 6.33 Å². The largest absolute Gasteiger partial charge is 0.291 e. The number of nitrogens with zero attached hydrogens (tertiary/aromatic N) is 6. The van der Waals surface area contributed by atoms with Gasteiger partial charge in [0, 0.05) is 6.20 Å². The number of benzene rings is 1. The molecule has 0 spiro atoms. The lowest BCUT2D eigenvalue weighted by Crippen LogP contribution is -2.22. The molecule has 3 heterocycles. The highest BCUT2D eigenvalue weighted by Gasteiger charge is 2.13. The maximum absolute atomic E-state index is 12.6. The number of aromatic nitrogens is 6. The Hall–Kier alpha value is -3.06. The first-order valence-electron chi connectivity index (χ1n) is 7.19. The molecule has 0 bridgehead atoms. The summed E-state index contributed by atoms with van der Waals surface area (Å²) in [7, 11) is 0. The molecule has 0 unspecified atom stereocenters. The zero-order valence-electron chi connectivity index (χ0n) is 12.4. The Kier molecular flexibility index (Phi) is 3.55. The van der Waals surface area contributed by atoms with Crippen LogP contribution in [-0.4, -0.2) is 29.5 Å². The van der Waals surface area contributed by atoms with Crippen molar-refractivity contribution < 1.29 is 0 Å². The fourth-order valence-corrected chi connectivity index (χ4v) is 2.49. The summed E-state index contributed by atoms with van der Waals surface area (Å²) in [4.78, 5) is 21.1. The van der Waals surface area contributed by atoms with Crippen LogP contribution in [-0.2, 0) is 6.54 Å². The number of rotatable bonds is 3. The highest BCUT2D eigenvalue weighted by molar-refractivity contribution is 6.30. The number of pyridine rings is 1. The number of hydrogen-bond donors (Lipinski definition) is 0. The number of para-hydroxylation sites is 1. The molecule has 8 heteroatoms. The molecule has 0 aliphatic carbocycles. The fourth-order valence-electron chi connectivity index (χ4n) is 2.37. The average molecular weight is 339 g/mol. The van der Waals surface area contributed by atoms with E-state index in [1.807, 2.05) is 30.3 Å². The highest BCUT2D eigenvalue weighted by atomic mass is 35.5. The summed E-state index contributed by atoms with van der Waals surface area (Å²) in [5, 5.41) is 8.58. The van der Waals surface area contributed by atoms with E-state index in [9.17, 15) is 4.79 Å². The van der Waals surface area contributed by atoms with E-state index in [2.05, 4.69) is 20.3 Å². The minimum Gasteiger partial charge on any atom is -0.291 e. The molecule has 24 heavy (non-hydrogen) atoms. The van der Waals surface area contributed by atoms with E-state index in [-0.39, 0.29) is 17.6 Å². The van der Waals surface area contributed by atoms with Crippen molar-refractivity contribution in [1.82, 2.24) is 29.5 Å². The summed E-state index contributed by atoms with van der Waals surface area (Å²) in [6.07, 6.45) is 3.02. The molecular weight excluding hydrogens is 328 g/mol. The predicted molar refractivity (Wildman–Crippen MR) is 89.3 cm³/mol. The van der Waals surface area contributed by atoms with Crippen molar-refractivity contribution >= 4 is 22.8 Å². The molecule has 118 valence electrons. The summed E-state index contributed by atoms with van der Waals surface area (Å²) in [5.74, 6) is 0. The van der Waals surface area contributed by atoms with Crippen LogP contribution in [0.25, 0.3) is 16.9 Å². The van der Waals surface area contributed by atoms with E-state index in [0.29, 0.717) is 16.4 Å². The van der Waals surface area contributed by atoms with E-state index in [1.165, 1.54) is 10.9 Å². The van der Waals surface area contributed by atoms with Crippen LogP contribution in [0.3, 0.4) is 0 Å². The lowest BCUT2D eigenvalue weighted by Gasteiger charge is -2.05. The average Bonchev–Trinajstić information content (AvgIpc) is 3.05. The maximum Gasteiger partial charge on any atom is 0.283 e. The third-order valence-electron chi connectivity index (χ3n) is 3.55. The Labute approximate surface area is 141 Å². The molecule has 3 aromatic heterocycles. The Bertz CT molecular complexity index is 1060. The molecular formula is C16H11ClN6O. The van der Waals surface area contributed by atoms with Crippen molar-refractivity contribution in [3.05, 3.63) is 76.1 Å². The van der Waals surface area contributed by atoms with Crippen molar-refractivity contribution in [1.29, 1.82) is 0 Å². The smallest absolute Gasteiger partial charge is 0.283 e. The Morgan fingerprint density at radius 1 is 1.04 bits per heavy atom. The van der Waals surface area contributed by atoms with Crippen LogP contribution in [0.4, 0.5) is 0 Å².